The smallest absolute Gasteiger partial charge is 0.147 e. The van der Waals surface area contributed by atoms with Crippen molar-refractivity contribution in [2.45, 2.75) is 30.9 Å². The quantitative estimate of drug-likeness (QED) is 0.939. The number of aromatic nitrogens is 2. The molecule has 1 aromatic carbocycles. The monoisotopic (exact) mass is 328 g/mol. The molecule has 2 atom stereocenters. The Bertz CT molecular complexity index is 698. The second kappa shape index (κ2) is 6.36. The first kappa shape index (κ1) is 15.3. The summed E-state index contributed by atoms with van der Waals surface area (Å²) in [7, 11) is 0. The van der Waals surface area contributed by atoms with Crippen molar-refractivity contribution in [2.75, 3.05) is 29.9 Å². The Morgan fingerprint density at radius 2 is 2.29 bits per heavy atom. The van der Waals surface area contributed by atoms with Crippen LogP contribution in [0.15, 0.2) is 42.9 Å². The van der Waals surface area contributed by atoms with Crippen LogP contribution in [0, 0.1) is 5.82 Å². The van der Waals surface area contributed by atoms with E-state index in [2.05, 4.69) is 20.2 Å². The van der Waals surface area contributed by atoms with E-state index < -0.39 is 0 Å². The van der Waals surface area contributed by atoms with Gasteiger partial charge >= 0.3 is 0 Å². The predicted molar refractivity (Wildman–Crippen MR) is 90.6 cm³/mol. The average molecular weight is 328 g/mol. The van der Waals surface area contributed by atoms with Crippen molar-refractivity contribution >= 4 is 11.5 Å². The van der Waals surface area contributed by atoms with Crippen LogP contribution in [0.4, 0.5) is 15.9 Å². The van der Waals surface area contributed by atoms with E-state index in [1.54, 1.807) is 24.7 Å². The molecule has 1 N–H and O–H groups in total. The van der Waals surface area contributed by atoms with Gasteiger partial charge in [-0.25, -0.2) is 9.37 Å². The van der Waals surface area contributed by atoms with E-state index in [0.29, 0.717) is 6.61 Å². The molecule has 126 valence electrons. The number of anilines is 2. The molecule has 0 bridgehead atoms. The topological polar surface area (TPSA) is 50.3 Å². The molecule has 0 aliphatic carbocycles. The van der Waals surface area contributed by atoms with E-state index in [-0.39, 0.29) is 17.5 Å². The molecule has 5 nitrogen and oxygen atoms in total. The summed E-state index contributed by atoms with van der Waals surface area (Å²) in [6.45, 7) is 2.45. The number of hydrogen-bond acceptors (Lipinski definition) is 5. The molecular weight excluding hydrogens is 307 g/mol. The molecule has 2 fully saturated rings. The largest absolute Gasteiger partial charge is 0.380 e. The first-order valence-electron chi connectivity index (χ1n) is 8.40. The average Bonchev–Trinajstić information content (AvgIpc) is 2.97. The van der Waals surface area contributed by atoms with Gasteiger partial charge in [0.15, 0.2) is 0 Å². The van der Waals surface area contributed by atoms with Crippen molar-refractivity contribution < 1.29 is 9.13 Å². The lowest BCUT2D eigenvalue weighted by molar-refractivity contribution is -0.00652. The summed E-state index contributed by atoms with van der Waals surface area (Å²) in [5.74, 6) is 0.682. The molecule has 2 saturated heterocycles. The van der Waals surface area contributed by atoms with Crippen LogP contribution in [0.2, 0.25) is 0 Å². The minimum atomic E-state index is -0.222. The second-order valence-electron chi connectivity index (χ2n) is 6.64. The van der Waals surface area contributed by atoms with Crippen LogP contribution in [0.1, 0.15) is 19.3 Å². The van der Waals surface area contributed by atoms with Crippen molar-refractivity contribution in [1.29, 1.82) is 0 Å². The van der Waals surface area contributed by atoms with Crippen molar-refractivity contribution in [1.82, 2.24) is 9.97 Å². The second-order valence-corrected chi connectivity index (χ2v) is 6.64. The molecule has 1 spiro atoms. The summed E-state index contributed by atoms with van der Waals surface area (Å²) in [5.41, 5.74) is 0.656. The van der Waals surface area contributed by atoms with Gasteiger partial charge in [0, 0.05) is 37.6 Å². The highest BCUT2D eigenvalue weighted by atomic mass is 19.1. The number of piperidine rings is 1. The number of ether oxygens (including phenoxy) is 1. The Kier molecular flexibility index (Phi) is 4.06. The Balaban J connectivity index is 1.43. The first-order valence-corrected chi connectivity index (χ1v) is 8.40. The van der Waals surface area contributed by atoms with E-state index in [0.717, 1.165) is 43.9 Å². The van der Waals surface area contributed by atoms with Crippen LogP contribution in [-0.2, 0) is 4.74 Å². The van der Waals surface area contributed by atoms with Gasteiger partial charge in [0.1, 0.15) is 11.6 Å². The van der Waals surface area contributed by atoms with E-state index in [1.807, 2.05) is 6.07 Å². The fourth-order valence-electron chi connectivity index (χ4n) is 3.78. The van der Waals surface area contributed by atoms with Crippen molar-refractivity contribution in [3.05, 3.63) is 48.7 Å². The fraction of sp³-hybridized carbons (Fsp3) is 0.444. The molecule has 0 amide bonds. The Hall–Kier alpha value is -2.21. The van der Waals surface area contributed by atoms with Gasteiger partial charge in [-0.2, -0.15) is 0 Å². The minimum absolute atomic E-state index is 0.152. The van der Waals surface area contributed by atoms with Crippen molar-refractivity contribution in [2.24, 2.45) is 0 Å². The molecule has 6 heteroatoms. The number of nitrogens with one attached hydrogen (secondary N) is 1. The number of benzene rings is 1. The maximum absolute atomic E-state index is 13.3. The van der Waals surface area contributed by atoms with Crippen LogP contribution in [-0.4, -0.2) is 41.3 Å². The number of halogens is 1. The number of rotatable bonds is 3. The number of nitrogens with zero attached hydrogens (tertiary/aromatic N) is 3. The third kappa shape index (κ3) is 3.19. The molecule has 24 heavy (non-hydrogen) atoms. The van der Waals surface area contributed by atoms with Gasteiger partial charge in [0.05, 0.1) is 24.4 Å². The van der Waals surface area contributed by atoms with Gasteiger partial charge in [0.2, 0.25) is 0 Å². The highest BCUT2D eigenvalue weighted by molar-refractivity contribution is 5.44. The highest BCUT2D eigenvalue weighted by Crippen LogP contribution is 2.36. The molecule has 1 aromatic heterocycles. The van der Waals surface area contributed by atoms with E-state index >= 15 is 0 Å². The molecule has 0 saturated carbocycles. The van der Waals surface area contributed by atoms with Crippen LogP contribution < -0.4 is 10.2 Å². The third-order valence-corrected chi connectivity index (χ3v) is 4.82. The number of hydrogen-bond donors (Lipinski definition) is 1. The minimum Gasteiger partial charge on any atom is -0.380 e. The summed E-state index contributed by atoms with van der Waals surface area (Å²) in [6, 6.07) is 6.80. The molecule has 2 aromatic rings. The SMILES string of the molecule is Fc1cccc(N[C@H]2CO[C@@]3(CCCN(c4cnccn4)C3)C2)c1. The van der Waals surface area contributed by atoms with Gasteiger partial charge in [-0.05, 0) is 31.0 Å². The Morgan fingerprint density at radius 3 is 3.12 bits per heavy atom. The fourth-order valence-corrected chi connectivity index (χ4v) is 3.78. The zero-order valence-corrected chi connectivity index (χ0v) is 13.5. The van der Waals surface area contributed by atoms with E-state index in [9.17, 15) is 4.39 Å². The lowest BCUT2D eigenvalue weighted by Gasteiger charge is -2.40. The standard InChI is InChI=1S/C18H21FN4O/c19-14-3-1-4-15(9-14)22-16-10-18(24-12-16)5-2-8-23(13-18)17-11-20-6-7-21-17/h1,3-4,6-7,9,11,16,22H,2,5,8,10,12-13H2/t16-,18+/m1/s1. The molecule has 2 aliphatic heterocycles. The Morgan fingerprint density at radius 1 is 1.33 bits per heavy atom. The summed E-state index contributed by atoms with van der Waals surface area (Å²) in [4.78, 5) is 10.8. The molecule has 4 rings (SSSR count). The lowest BCUT2D eigenvalue weighted by atomic mass is 9.88. The van der Waals surface area contributed by atoms with Crippen molar-refractivity contribution in [3.8, 4) is 0 Å². The summed E-state index contributed by atoms with van der Waals surface area (Å²) < 4.78 is 19.5. The van der Waals surface area contributed by atoms with Gasteiger partial charge < -0.3 is 15.0 Å². The zero-order chi connectivity index (χ0) is 16.4. The van der Waals surface area contributed by atoms with Crippen LogP contribution in [0.25, 0.3) is 0 Å². The maximum atomic E-state index is 13.3. The summed E-state index contributed by atoms with van der Waals surface area (Å²) in [6.07, 6.45) is 8.25. The molecular formula is C18H21FN4O. The van der Waals surface area contributed by atoms with Gasteiger partial charge in [-0.1, -0.05) is 6.07 Å². The van der Waals surface area contributed by atoms with Gasteiger partial charge in [-0.3, -0.25) is 4.98 Å². The molecule has 0 unspecified atom stereocenters. The van der Waals surface area contributed by atoms with Crippen molar-refractivity contribution in [3.63, 3.8) is 0 Å². The van der Waals surface area contributed by atoms with Gasteiger partial charge in [0.25, 0.3) is 0 Å². The van der Waals surface area contributed by atoms with Crippen LogP contribution in [0.5, 0.6) is 0 Å². The summed E-state index contributed by atoms with van der Waals surface area (Å²) >= 11 is 0. The van der Waals surface area contributed by atoms with Gasteiger partial charge in [-0.15, -0.1) is 0 Å². The Labute approximate surface area is 140 Å². The van der Waals surface area contributed by atoms with Crippen LogP contribution >= 0.6 is 0 Å². The molecule has 0 radical (unpaired) electrons. The van der Waals surface area contributed by atoms with E-state index in [4.69, 9.17) is 4.74 Å². The third-order valence-electron chi connectivity index (χ3n) is 4.82. The normalized spacial score (nSPS) is 26.7. The zero-order valence-electron chi connectivity index (χ0n) is 13.5. The molecule has 2 aliphatic rings. The first-order chi connectivity index (χ1) is 11.7. The summed E-state index contributed by atoms with van der Waals surface area (Å²) in [5, 5.41) is 3.40. The lowest BCUT2D eigenvalue weighted by Crippen LogP contribution is -2.48. The predicted octanol–water partition coefficient (Wildman–Crippen LogP) is 2.86. The maximum Gasteiger partial charge on any atom is 0.147 e. The van der Waals surface area contributed by atoms with Crippen LogP contribution in [0.3, 0.4) is 0 Å². The van der Waals surface area contributed by atoms with E-state index in [1.165, 1.54) is 12.1 Å². The highest BCUT2D eigenvalue weighted by Gasteiger charge is 2.43. The molecule has 3 heterocycles.